The molecule has 1 heterocycles. The smallest absolute Gasteiger partial charge is 0.311 e. The first-order valence-corrected chi connectivity index (χ1v) is 7.90. The molecule has 0 saturated carbocycles. The van der Waals surface area contributed by atoms with Crippen molar-refractivity contribution in [3.63, 3.8) is 0 Å². The van der Waals surface area contributed by atoms with Crippen molar-refractivity contribution in [2.24, 2.45) is 0 Å². The summed E-state index contributed by atoms with van der Waals surface area (Å²) in [6, 6.07) is 10.9. The molecule has 0 fully saturated rings. The number of ether oxygens (including phenoxy) is 1. The van der Waals surface area contributed by atoms with Crippen molar-refractivity contribution in [3.05, 3.63) is 53.9 Å². The number of benzene rings is 1. The normalized spacial score (nSPS) is 11.5. The maximum atomic E-state index is 12.5. The minimum Gasteiger partial charge on any atom is -0.469 e. The number of nitrogens with zero attached hydrogens (tertiary/aromatic N) is 3. The number of methoxy groups -OCH3 is 1. The van der Waals surface area contributed by atoms with E-state index in [4.69, 9.17) is 0 Å². The molecule has 7 heteroatoms. The monoisotopic (exact) mass is 342 g/mol. The number of hydrogen-bond donors (Lipinski definition) is 1. The van der Waals surface area contributed by atoms with Crippen LogP contribution < -0.4 is 5.32 Å². The van der Waals surface area contributed by atoms with E-state index in [0.29, 0.717) is 18.1 Å². The van der Waals surface area contributed by atoms with Crippen LogP contribution in [0.1, 0.15) is 11.3 Å². The molecule has 1 aromatic carbocycles. The fourth-order valence-electron chi connectivity index (χ4n) is 2.30. The Labute approximate surface area is 147 Å². The lowest BCUT2D eigenvalue weighted by Gasteiger charge is -2.22. The van der Waals surface area contributed by atoms with Gasteiger partial charge in [0.05, 0.1) is 19.2 Å². The van der Waals surface area contributed by atoms with Crippen molar-refractivity contribution < 1.29 is 14.3 Å². The topological polar surface area (TPSA) is 84.4 Å². The summed E-state index contributed by atoms with van der Waals surface area (Å²) in [4.78, 5) is 33.9. The van der Waals surface area contributed by atoms with Gasteiger partial charge in [-0.2, -0.15) is 0 Å². The third-order valence-electron chi connectivity index (χ3n) is 3.59. The fourth-order valence-corrected chi connectivity index (χ4v) is 2.30. The first-order chi connectivity index (χ1) is 12.0. The maximum Gasteiger partial charge on any atom is 0.311 e. The molecule has 1 aromatic heterocycles. The zero-order valence-corrected chi connectivity index (χ0v) is 14.6. The summed E-state index contributed by atoms with van der Waals surface area (Å²) < 4.78 is 4.64. The first-order valence-electron chi connectivity index (χ1n) is 7.90. The lowest BCUT2D eigenvalue weighted by molar-refractivity contribution is -0.139. The zero-order chi connectivity index (χ0) is 18.2. The number of amides is 1. The Morgan fingerprint density at radius 3 is 2.56 bits per heavy atom. The molecule has 0 spiro atoms. The average molecular weight is 342 g/mol. The zero-order valence-electron chi connectivity index (χ0n) is 14.6. The van der Waals surface area contributed by atoms with Crippen molar-refractivity contribution in [1.29, 1.82) is 0 Å². The number of anilines is 1. The van der Waals surface area contributed by atoms with E-state index >= 15 is 0 Å². The van der Waals surface area contributed by atoms with E-state index < -0.39 is 6.04 Å². The lowest BCUT2D eigenvalue weighted by atomic mass is 10.1. The van der Waals surface area contributed by atoms with Gasteiger partial charge in [-0.3, -0.25) is 9.59 Å². The second kappa shape index (κ2) is 8.77. The van der Waals surface area contributed by atoms with Gasteiger partial charge in [-0.25, -0.2) is 9.97 Å². The number of nitrogens with one attached hydrogen (secondary N) is 1. The van der Waals surface area contributed by atoms with E-state index in [1.54, 1.807) is 26.4 Å². The summed E-state index contributed by atoms with van der Waals surface area (Å²) in [5.41, 5.74) is 1.56. The number of carbonyl (C=O) groups is 2. The predicted octanol–water partition coefficient (Wildman–Crippen LogP) is 1.30. The van der Waals surface area contributed by atoms with Crippen LogP contribution in [0.4, 0.5) is 5.95 Å². The second-order valence-corrected chi connectivity index (χ2v) is 5.74. The Balaban J connectivity index is 2.17. The average Bonchev–Trinajstić information content (AvgIpc) is 2.61. The first kappa shape index (κ1) is 18.4. The highest BCUT2D eigenvalue weighted by atomic mass is 16.5. The van der Waals surface area contributed by atoms with Crippen LogP contribution in [0.25, 0.3) is 0 Å². The van der Waals surface area contributed by atoms with Gasteiger partial charge in [-0.15, -0.1) is 0 Å². The van der Waals surface area contributed by atoms with Crippen LogP contribution in [-0.2, 0) is 27.2 Å². The highest BCUT2D eigenvalue weighted by Gasteiger charge is 2.21. The molecule has 0 unspecified atom stereocenters. The number of carbonyl (C=O) groups excluding carboxylic acids is 2. The van der Waals surface area contributed by atoms with Gasteiger partial charge < -0.3 is 15.0 Å². The standard InChI is InChI=1S/C18H22N4O3/c1-22(2)17(24)15(11-13-7-5-4-6-8-13)21-18-19-10-9-14(20-18)12-16(23)25-3/h4-10,15H,11-12H2,1-3H3,(H,19,20,21)/t15-/m1/s1. The van der Waals surface area contributed by atoms with Crippen molar-refractivity contribution in [1.82, 2.24) is 14.9 Å². The van der Waals surface area contributed by atoms with E-state index in [-0.39, 0.29) is 18.3 Å². The van der Waals surface area contributed by atoms with E-state index in [9.17, 15) is 9.59 Å². The molecule has 2 rings (SSSR count). The minimum atomic E-state index is -0.509. The largest absolute Gasteiger partial charge is 0.469 e. The Kier molecular flexibility index (Phi) is 6.45. The van der Waals surface area contributed by atoms with E-state index in [1.807, 2.05) is 30.3 Å². The van der Waals surface area contributed by atoms with Crippen LogP contribution in [0.15, 0.2) is 42.6 Å². The van der Waals surface area contributed by atoms with Crippen molar-refractivity contribution in [2.75, 3.05) is 26.5 Å². The number of aromatic nitrogens is 2. The summed E-state index contributed by atoms with van der Waals surface area (Å²) in [5.74, 6) is -0.154. The van der Waals surface area contributed by atoms with E-state index in [0.717, 1.165) is 5.56 Å². The summed E-state index contributed by atoms with van der Waals surface area (Å²) in [7, 11) is 4.74. The number of hydrogen-bond acceptors (Lipinski definition) is 6. The highest BCUT2D eigenvalue weighted by molar-refractivity contribution is 5.84. The van der Waals surface area contributed by atoms with Crippen LogP contribution in [0, 0.1) is 0 Å². The molecule has 0 bridgehead atoms. The minimum absolute atomic E-state index is 0.0542. The van der Waals surface area contributed by atoms with Gasteiger partial charge in [0.25, 0.3) is 0 Å². The maximum absolute atomic E-state index is 12.5. The Morgan fingerprint density at radius 2 is 1.92 bits per heavy atom. The number of likely N-dealkylation sites (N-methyl/N-ethyl adjacent to an activating group) is 1. The molecular formula is C18H22N4O3. The molecular weight excluding hydrogens is 320 g/mol. The van der Waals surface area contributed by atoms with Gasteiger partial charge >= 0.3 is 5.97 Å². The number of rotatable bonds is 7. The van der Waals surface area contributed by atoms with Gasteiger partial charge in [0.15, 0.2) is 0 Å². The SMILES string of the molecule is COC(=O)Cc1ccnc(N[C@H](Cc2ccccc2)C(=O)N(C)C)n1. The molecule has 0 aliphatic rings. The molecule has 1 N–H and O–H groups in total. The van der Waals surface area contributed by atoms with Gasteiger partial charge in [0, 0.05) is 26.7 Å². The third-order valence-corrected chi connectivity index (χ3v) is 3.59. The molecule has 1 amide bonds. The van der Waals surface area contributed by atoms with Gasteiger partial charge in [0.1, 0.15) is 6.04 Å². The van der Waals surface area contributed by atoms with Crippen molar-refractivity contribution >= 4 is 17.8 Å². The quantitative estimate of drug-likeness (QED) is 0.764. The van der Waals surface area contributed by atoms with E-state index in [1.165, 1.54) is 12.0 Å². The molecule has 7 nitrogen and oxygen atoms in total. The molecule has 0 saturated heterocycles. The highest BCUT2D eigenvalue weighted by Crippen LogP contribution is 2.10. The summed E-state index contributed by atoms with van der Waals surface area (Å²) >= 11 is 0. The Hall–Kier alpha value is -2.96. The fraction of sp³-hybridized carbons (Fsp3) is 0.333. The molecule has 0 aliphatic heterocycles. The molecule has 25 heavy (non-hydrogen) atoms. The second-order valence-electron chi connectivity index (χ2n) is 5.74. The molecule has 2 aromatic rings. The van der Waals surface area contributed by atoms with Crippen LogP contribution in [0.5, 0.6) is 0 Å². The molecule has 0 aliphatic carbocycles. The van der Waals surface area contributed by atoms with Gasteiger partial charge in [-0.1, -0.05) is 30.3 Å². The van der Waals surface area contributed by atoms with Gasteiger partial charge in [-0.05, 0) is 11.6 Å². The summed E-state index contributed by atoms with van der Waals surface area (Å²) in [6.45, 7) is 0. The van der Waals surface area contributed by atoms with Crippen LogP contribution in [-0.4, -0.2) is 54.0 Å². The predicted molar refractivity (Wildman–Crippen MR) is 94.0 cm³/mol. The van der Waals surface area contributed by atoms with E-state index in [2.05, 4.69) is 20.0 Å². The van der Waals surface area contributed by atoms with Gasteiger partial charge in [0.2, 0.25) is 11.9 Å². The third kappa shape index (κ3) is 5.56. The molecule has 132 valence electrons. The van der Waals surface area contributed by atoms with Crippen LogP contribution >= 0.6 is 0 Å². The van der Waals surface area contributed by atoms with Crippen LogP contribution in [0.3, 0.4) is 0 Å². The lowest BCUT2D eigenvalue weighted by Crippen LogP contribution is -2.40. The Bertz CT molecular complexity index is 719. The number of esters is 1. The van der Waals surface area contributed by atoms with Crippen molar-refractivity contribution in [2.45, 2.75) is 18.9 Å². The Morgan fingerprint density at radius 1 is 1.20 bits per heavy atom. The summed E-state index contributed by atoms with van der Waals surface area (Å²) in [6.07, 6.45) is 2.11. The van der Waals surface area contributed by atoms with Crippen molar-refractivity contribution in [3.8, 4) is 0 Å². The summed E-state index contributed by atoms with van der Waals surface area (Å²) in [5, 5.41) is 3.07. The molecule has 0 radical (unpaired) electrons. The molecule has 1 atom stereocenters. The van der Waals surface area contributed by atoms with Crippen LogP contribution in [0.2, 0.25) is 0 Å².